The molecule has 2 aromatic carbocycles. The second kappa shape index (κ2) is 9.28. The van der Waals surface area contributed by atoms with Crippen LogP contribution in [0.4, 0.5) is 5.69 Å². The topological polar surface area (TPSA) is 92.8 Å². The first-order valence-corrected chi connectivity index (χ1v) is 11.7. The van der Waals surface area contributed by atoms with Gasteiger partial charge in [0.1, 0.15) is 0 Å². The first-order valence-electron chi connectivity index (χ1n) is 9.47. The normalized spacial score (nSPS) is 14.7. The highest BCUT2D eigenvalue weighted by molar-refractivity contribution is 9.10. The maximum atomic E-state index is 13.1. The number of nitrogens with zero attached hydrogens (tertiary/aromatic N) is 1. The minimum Gasteiger partial charge on any atom is -0.469 e. The molecule has 160 valence electrons. The Morgan fingerprint density at radius 1 is 1.20 bits per heavy atom. The molecule has 0 spiro atoms. The lowest BCUT2D eigenvalue weighted by molar-refractivity contribution is -0.141. The third-order valence-electron chi connectivity index (χ3n) is 5.03. The summed E-state index contributed by atoms with van der Waals surface area (Å²) in [6, 6.07) is 11.0. The summed E-state index contributed by atoms with van der Waals surface area (Å²) in [6.45, 7) is 2.12. The summed E-state index contributed by atoms with van der Waals surface area (Å²) in [5.74, 6) is -0.591. The van der Waals surface area contributed by atoms with E-state index in [0.717, 1.165) is 22.1 Å². The molecule has 1 N–H and O–H groups in total. The van der Waals surface area contributed by atoms with Crippen molar-refractivity contribution < 1.29 is 22.7 Å². The average Bonchev–Trinajstić information content (AvgIpc) is 2.72. The summed E-state index contributed by atoms with van der Waals surface area (Å²) in [4.78, 5) is 25.5. The maximum Gasteiger partial charge on any atom is 0.307 e. The van der Waals surface area contributed by atoms with Crippen molar-refractivity contribution in [3.63, 3.8) is 0 Å². The summed E-state index contributed by atoms with van der Waals surface area (Å²) in [6.07, 6.45) is 1.33. The largest absolute Gasteiger partial charge is 0.469 e. The number of methoxy groups -OCH3 is 1. The number of nitrogens with one attached hydrogen (secondary N) is 1. The average molecular weight is 495 g/mol. The van der Waals surface area contributed by atoms with Gasteiger partial charge in [0, 0.05) is 23.6 Å². The molecule has 0 aromatic heterocycles. The standard InChI is InChI=1S/C21H23BrN2O5S/c1-14(25)24-11-3-4-16-12-18(9-10-20(16)24)30(27,28)23-19(13-21(26)29-2)15-5-7-17(22)8-6-15/h5-10,12,19,23H,3-4,11,13H2,1-2H3/t19-/m0/s1. The summed E-state index contributed by atoms with van der Waals surface area (Å²) >= 11 is 3.35. The maximum absolute atomic E-state index is 13.1. The van der Waals surface area contributed by atoms with Crippen LogP contribution in [0, 0.1) is 0 Å². The van der Waals surface area contributed by atoms with Gasteiger partial charge in [-0.2, -0.15) is 0 Å². The highest BCUT2D eigenvalue weighted by Gasteiger charge is 2.27. The van der Waals surface area contributed by atoms with Gasteiger partial charge in [-0.05, 0) is 54.3 Å². The Hall–Kier alpha value is -2.23. The lowest BCUT2D eigenvalue weighted by atomic mass is 10.0. The van der Waals surface area contributed by atoms with Crippen LogP contribution in [0.25, 0.3) is 0 Å². The van der Waals surface area contributed by atoms with E-state index in [1.54, 1.807) is 41.3 Å². The molecule has 0 saturated heterocycles. The zero-order valence-corrected chi connectivity index (χ0v) is 19.1. The van der Waals surface area contributed by atoms with Crippen LogP contribution in [0.1, 0.15) is 36.9 Å². The molecular weight excluding hydrogens is 472 g/mol. The number of ether oxygens (including phenoxy) is 1. The van der Waals surface area contributed by atoms with Crippen molar-refractivity contribution >= 4 is 43.5 Å². The van der Waals surface area contributed by atoms with Gasteiger partial charge >= 0.3 is 5.97 Å². The van der Waals surface area contributed by atoms with Crippen molar-refractivity contribution in [2.75, 3.05) is 18.6 Å². The first kappa shape index (κ1) is 22.5. The molecule has 0 fully saturated rings. The van der Waals surface area contributed by atoms with Crippen LogP contribution in [-0.2, 0) is 30.8 Å². The Kier molecular flexibility index (Phi) is 6.95. The molecule has 1 atom stereocenters. The number of sulfonamides is 1. The minimum atomic E-state index is -3.92. The highest BCUT2D eigenvalue weighted by Crippen LogP contribution is 2.30. The molecule has 0 aliphatic carbocycles. The van der Waals surface area contributed by atoms with Crippen LogP contribution in [0.5, 0.6) is 0 Å². The predicted molar refractivity (Wildman–Crippen MR) is 117 cm³/mol. The number of benzene rings is 2. The van der Waals surface area contributed by atoms with Gasteiger partial charge < -0.3 is 9.64 Å². The summed E-state index contributed by atoms with van der Waals surface area (Å²) in [5.41, 5.74) is 2.20. The minimum absolute atomic E-state index is 0.0712. The number of aryl methyl sites for hydroxylation is 1. The predicted octanol–water partition coefficient (Wildman–Crippen LogP) is 3.33. The number of fused-ring (bicyclic) bond motifs is 1. The van der Waals surface area contributed by atoms with Gasteiger partial charge in [-0.15, -0.1) is 0 Å². The third-order valence-corrected chi connectivity index (χ3v) is 7.03. The van der Waals surface area contributed by atoms with E-state index in [9.17, 15) is 18.0 Å². The molecule has 0 unspecified atom stereocenters. The zero-order valence-electron chi connectivity index (χ0n) is 16.7. The lowest BCUT2D eigenvalue weighted by Crippen LogP contribution is -2.34. The molecule has 1 aliphatic heterocycles. The smallest absolute Gasteiger partial charge is 0.307 e. The molecule has 1 aliphatic rings. The Labute approximate surface area is 184 Å². The van der Waals surface area contributed by atoms with Crippen molar-refractivity contribution in [3.8, 4) is 0 Å². The second-order valence-corrected chi connectivity index (χ2v) is 9.70. The number of halogens is 1. The molecule has 0 bridgehead atoms. The van der Waals surface area contributed by atoms with Gasteiger partial charge in [-0.25, -0.2) is 13.1 Å². The van der Waals surface area contributed by atoms with E-state index >= 15 is 0 Å². The molecule has 7 nitrogen and oxygen atoms in total. The summed E-state index contributed by atoms with van der Waals surface area (Å²) < 4.78 is 34.4. The van der Waals surface area contributed by atoms with Gasteiger partial charge in [0.05, 0.1) is 24.5 Å². The van der Waals surface area contributed by atoms with Crippen molar-refractivity contribution in [3.05, 3.63) is 58.1 Å². The molecule has 0 saturated carbocycles. The van der Waals surface area contributed by atoms with Gasteiger partial charge in [0.2, 0.25) is 15.9 Å². The second-order valence-electron chi connectivity index (χ2n) is 7.07. The molecular formula is C21H23BrN2O5S. The molecule has 2 aromatic rings. The van der Waals surface area contributed by atoms with Crippen LogP contribution in [0.2, 0.25) is 0 Å². The Balaban J connectivity index is 1.91. The van der Waals surface area contributed by atoms with Gasteiger partial charge in [0.15, 0.2) is 0 Å². The Morgan fingerprint density at radius 3 is 2.53 bits per heavy atom. The van der Waals surface area contributed by atoms with E-state index in [-0.39, 0.29) is 17.2 Å². The van der Waals surface area contributed by atoms with Crippen molar-refractivity contribution in [1.82, 2.24) is 4.72 Å². The van der Waals surface area contributed by atoms with Crippen LogP contribution in [-0.4, -0.2) is 33.9 Å². The van der Waals surface area contributed by atoms with Crippen LogP contribution < -0.4 is 9.62 Å². The van der Waals surface area contributed by atoms with Crippen molar-refractivity contribution in [2.24, 2.45) is 0 Å². The van der Waals surface area contributed by atoms with Crippen LogP contribution >= 0.6 is 15.9 Å². The Morgan fingerprint density at radius 2 is 1.90 bits per heavy atom. The fraction of sp³-hybridized carbons (Fsp3) is 0.333. The number of anilines is 1. The number of amides is 1. The monoisotopic (exact) mass is 494 g/mol. The third kappa shape index (κ3) is 5.08. The van der Waals surface area contributed by atoms with Gasteiger partial charge in [-0.3, -0.25) is 9.59 Å². The van der Waals surface area contributed by atoms with E-state index < -0.39 is 22.0 Å². The number of rotatable bonds is 6. The van der Waals surface area contributed by atoms with E-state index in [4.69, 9.17) is 4.74 Å². The van der Waals surface area contributed by atoms with Crippen LogP contribution in [0.15, 0.2) is 51.8 Å². The lowest BCUT2D eigenvalue weighted by Gasteiger charge is -2.29. The molecule has 9 heteroatoms. The molecule has 30 heavy (non-hydrogen) atoms. The first-order chi connectivity index (χ1) is 14.2. The van der Waals surface area contributed by atoms with Gasteiger partial charge in [-0.1, -0.05) is 28.1 Å². The molecule has 3 rings (SSSR count). The Bertz CT molecular complexity index is 1050. The molecule has 1 amide bonds. The quantitative estimate of drug-likeness (QED) is 0.621. The van der Waals surface area contributed by atoms with E-state index in [1.165, 1.54) is 20.1 Å². The highest BCUT2D eigenvalue weighted by atomic mass is 79.9. The number of hydrogen-bond acceptors (Lipinski definition) is 5. The number of hydrogen-bond donors (Lipinski definition) is 1. The van der Waals surface area contributed by atoms with E-state index in [0.29, 0.717) is 18.5 Å². The fourth-order valence-corrected chi connectivity index (χ4v) is 5.03. The number of carbonyl (C=O) groups is 2. The van der Waals surface area contributed by atoms with Crippen molar-refractivity contribution in [1.29, 1.82) is 0 Å². The molecule has 0 radical (unpaired) electrons. The number of esters is 1. The van der Waals surface area contributed by atoms with Crippen LogP contribution in [0.3, 0.4) is 0 Å². The molecule has 1 heterocycles. The summed E-state index contributed by atoms with van der Waals surface area (Å²) in [7, 11) is -2.65. The van der Waals surface area contributed by atoms with Crippen molar-refractivity contribution in [2.45, 2.75) is 37.1 Å². The van der Waals surface area contributed by atoms with E-state index in [2.05, 4.69) is 20.7 Å². The SMILES string of the molecule is COC(=O)C[C@H](NS(=O)(=O)c1ccc2c(c1)CCCN2C(C)=O)c1ccc(Br)cc1. The number of carbonyl (C=O) groups excluding carboxylic acids is 2. The van der Waals surface area contributed by atoms with Gasteiger partial charge in [0.25, 0.3) is 0 Å². The summed E-state index contributed by atoms with van der Waals surface area (Å²) in [5, 5.41) is 0. The van der Waals surface area contributed by atoms with E-state index in [1.807, 2.05) is 0 Å². The fourth-order valence-electron chi connectivity index (χ4n) is 3.50. The zero-order chi connectivity index (χ0) is 21.9.